The van der Waals surface area contributed by atoms with Gasteiger partial charge in [0.05, 0.1) is 10.6 Å². The average Bonchev–Trinajstić information content (AvgIpc) is 3.21. The van der Waals surface area contributed by atoms with Crippen LogP contribution in [0.5, 0.6) is 0 Å². The quantitative estimate of drug-likeness (QED) is 0.389. The molecule has 1 aromatic carbocycles. The van der Waals surface area contributed by atoms with Crippen molar-refractivity contribution in [3.8, 4) is 0 Å². The Labute approximate surface area is 180 Å². The minimum absolute atomic E-state index is 0.0863. The van der Waals surface area contributed by atoms with Crippen LogP contribution in [0, 0.1) is 16.0 Å². The molecule has 4 rings (SSSR count). The Balaban J connectivity index is 1.47. The first-order valence-electron chi connectivity index (χ1n) is 10.5. The van der Waals surface area contributed by atoms with E-state index in [0.29, 0.717) is 38.2 Å². The number of anilines is 2. The first-order valence-corrected chi connectivity index (χ1v) is 11.3. The fourth-order valence-corrected chi connectivity index (χ4v) is 5.48. The van der Waals surface area contributed by atoms with E-state index >= 15 is 0 Å². The summed E-state index contributed by atoms with van der Waals surface area (Å²) in [6.07, 6.45) is 7.49. The number of hydrogen-bond acceptors (Lipinski definition) is 6. The van der Waals surface area contributed by atoms with Gasteiger partial charge in [0.2, 0.25) is 5.91 Å². The lowest BCUT2D eigenvalue weighted by molar-refractivity contribution is -0.384. The molecule has 0 radical (unpaired) electrons. The first-order chi connectivity index (χ1) is 14.6. The lowest BCUT2D eigenvalue weighted by atomic mass is 9.94. The van der Waals surface area contributed by atoms with Gasteiger partial charge in [-0.3, -0.25) is 19.8 Å². The van der Waals surface area contributed by atoms with E-state index in [1.807, 2.05) is 11.0 Å². The van der Waals surface area contributed by atoms with E-state index in [9.17, 15) is 14.9 Å². The normalized spacial score (nSPS) is 16.7. The molecule has 0 bridgehead atoms. The zero-order chi connectivity index (χ0) is 21.1. The maximum absolute atomic E-state index is 13.3. The highest BCUT2D eigenvalue weighted by Gasteiger charge is 2.32. The summed E-state index contributed by atoms with van der Waals surface area (Å²) in [5.41, 5.74) is 1.89. The van der Waals surface area contributed by atoms with Gasteiger partial charge in [-0.1, -0.05) is 18.2 Å². The number of carbonyl (C=O) groups excluding carboxylic acids is 1. The van der Waals surface area contributed by atoms with Gasteiger partial charge in [0.15, 0.2) is 5.13 Å². The van der Waals surface area contributed by atoms with Crippen LogP contribution in [0.15, 0.2) is 36.9 Å². The van der Waals surface area contributed by atoms with Crippen molar-refractivity contribution in [2.24, 2.45) is 5.92 Å². The summed E-state index contributed by atoms with van der Waals surface area (Å²) < 4.78 is 0. The standard InChI is InChI=1S/C22H26N4O3S/c1-2-13-25(22-23-17-7-3-6-10-20(17)30-22)21(27)16-11-14-24(15-12-16)18-8-4-5-9-19(18)26(28)29/h2,4-5,8-9,16H,1,3,6-7,10-15H2. The van der Waals surface area contributed by atoms with Gasteiger partial charge in [-0.2, -0.15) is 0 Å². The summed E-state index contributed by atoms with van der Waals surface area (Å²) in [6.45, 7) is 5.52. The number of piperidine rings is 1. The van der Waals surface area contributed by atoms with Crippen LogP contribution in [0.3, 0.4) is 0 Å². The fourth-order valence-electron chi connectivity index (χ4n) is 4.32. The third kappa shape index (κ3) is 4.09. The molecule has 1 aromatic heterocycles. The van der Waals surface area contributed by atoms with Crippen LogP contribution in [0.2, 0.25) is 0 Å². The molecule has 0 N–H and O–H groups in total. The van der Waals surface area contributed by atoms with E-state index in [0.717, 1.165) is 30.1 Å². The molecule has 1 fully saturated rings. The number of para-hydroxylation sites is 2. The third-order valence-corrected chi connectivity index (χ3v) is 7.09. The van der Waals surface area contributed by atoms with Crippen molar-refractivity contribution < 1.29 is 9.72 Å². The Bertz CT molecular complexity index is 926. The number of hydrogen-bond donors (Lipinski definition) is 0. The molecule has 1 amide bonds. The van der Waals surface area contributed by atoms with Crippen LogP contribution < -0.4 is 9.80 Å². The second-order valence-corrected chi connectivity index (χ2v) is 8.88. The fraction of sp³-hybridized carbons (Fsp3) is 0.455. The van der Waals surface area contributed by atoms with Crippen molar-refractivity contribution in [3.63, 3.8) is 0 Å². The molecule has 1 aliphatic carbocycles. The number of benzene rings is 1. The summed E-state index contributed by atoms with van der Waals surface area (Å²) in [5.74, 6) is -0.0203. The molecule has 2 aliphatic rings. The number of aromatic nitrogens is 1. The van der Waals surface area contributed by atoms with Gasteiger partial charge in [0.1, 0.15) is 5.69 Å². The zero-order valence-electron chi connectivity index (χ0n) is 17.0. The number of nitrogens with zero attached hydrogens (tertiary/aromatic N) is 4. The molecule has 8 heteroatoms. The number of nitro groups is 1. The van der Waals surface area contributed by atoms with Crippen molar-refractivity contribution in [3.05, 3.63) is 57.6 Å². The van der Waals surface area contributed by atoms with E-state index < -0.39 is 0 Å². The average molecular weight is 427 g/mol. The van der Waals surface area contributed by atoms with Crippen molar-refractivity contribution in [1.82, 2.24) is 4.98 Å². The van der Waals surface area contributed by atoms with Crippen LogP contribution in [-0.4, -0.2) is 35.4 Å². The number of nitro benzene ring substituents is 1. The van der Waals surface area contributed by atoms with E-state index in [1.165, 1.54) is 17.4 Å². The smallest absolute Gasteiger partial charge is 0.292 e. The van der Waals surface area contributed by atoms with Gasteiger partial charge < -0.3 is 4.90 Å². The van der Waals surface area contributed by atoms with Crippen LogP contribution in [-0.2, 0) is 17.6 Å². The highest BCUT2D eigenvalue weighted by atomic mass is 32.1. The highest BCUT2D eigenvalue weighted by Crippen LogP contribution is 2.35. The predicted octanol–water partition coefficient (Wildman–Crippen LogP) is 4.37. The third-order valence-electron chi connectivity index (χ3n) is 5.91. The van der Waals surface area contributed by atoms with Crippen molar-refractivity contribution in [1.29, 1.82) is 0 Å². The SMILES string of the molecule is C=CCN(C(=O)C1CCN(c2ccccc2[N+](=O)[O-])CC1)c1nc2c(s1)CCCC2. The molecule has 0 spiro atoms. The Morgan fingerprint density at radius 1 is 1.30 bits per heavy atom. The zero-order valence-corrected chi connectivity index (χ0v) is 17.8. The van der Waals surface area contributed by atoms with Gasteiger partial charge in [0.25, 0.3) is 5.69 Å². The number of fused-ring (bicyclic) bond motifs is 1. The molecule has 1 aliphatic heterocycles. The lowest BCUT2D eigenvalue weighted by Gasteiger charge is -2.34. The van der Waals surface area contributed by atoms with Crippen LogP contribution in [0.1, 0.15) is 36.3 Å². The Morgan fingerprint density at radius 2 is 2.03 bits per heavy atom. The minimum atomic E-state index is -0.345. The predicted molar refractivity (Wildman–Crippen MR) is 119 cm³/mol. The number of aryl methyl sites for hydroxylation is 2. The molecule has 0 unspecified atom stereocenters. The molecular formula is C22H26N4O3S. The number of thiazole rings is 1. The Morgan fingerprint density at radius 3 is 2.73 bits per heavy atom. The molecule has 2 aromatic rings. The number of carbonyl (C=O) groups is 1. The molecule has 7 nitrogen and oxygen atoms in total. The summed E-state index contributed by atoms with van der Waals surface area (Å²) in [6, 6.07) is 6.81. The van der Waals surface area contributed by atoms with Crippen LogP contribution in [0.4, 0.5) is 16.5 Å². The number of rotatable bonds is 6. The summed E-state index contributed by atoms with van der Waals surface area (Å²) in [7, 11) is 0. The minimum Gasteiger partial charge on any atom is -0.366 e. The maximum atomic E-state index is 13.3. The molecular weight excluding hydrogens is 400 g/mol. The van der Waals surface area contributed by atoms with E-state index in [1.54, 1.807) is 34.4 Å². The molecule has 2 heterocycles. The van der Waals surface area contributed by atoms with Gasteiger partial charge in [-0.15, -0.1) is 17.9 Å². The van der Waals surface area contributed by atoms with Crippen molar-refractivity contribution in [2.45, 2.75) is 38.5 Å². The van der Waals surface area contributed by atoms with E-state index in [4.69, 9.17) is 4.98 Å². The second-order valence-electron chi connectivity index (χ2n) is 7.82. The molecule has 0 atom stereocenters. The summed E-state index contributed by atoms with van der Waals surface area (Å²) in [5, 5.41) is 12.1. The first kappa shape index (κ1) is 20.5. The largest absolute Gasteiger partial charge is 0.366 e. The summed E-state index contributed by atoms with van der Waals surface area (Å²) >= 11 is 1.64. The van der Waals surface area contributed by atoms with Gasteiger partial charge in [0, 0.05) is 36.5 Å². The maximum Gasteiger partial charge on any atom is 0.292 e. The Hall–Kier alpha value is -2.74. The Kier molecular flexibility index (Phi) is 6.13. The van der Waals surface area contributed by atoms with Gasteiger partial charge in [-0.05, 0) is 44.6 Å². The number of amides is 1. The van der Waals surface area contributed by atoms with Gasteiger partial charge >= 0.3 is 0 Å². The van der Waals surface area contributed by atoms with Crippen LogP contribution >= 0.6 is 11.3 Å². The van der Waals surface area contributed by atoms with Crippen molar-refractivity contribution >= 4 is 33.8 Å². The monoisotopic (exact) mass is 426 g/mol. The molecule has 0 saturated carbocycles. The van der Waals surface area contributed by atoms with Crippen molar-refractivity contribution in [2.75, 3.05) is 29.4 Å². The van der Waals surface area contributed by atoms with Crippen LogP contribution in [0.25, 0.3) is 0 Å². The lowest BCUT2D eigenvalue weighted by Crippen LogP contribution is -2.43. The summed E-state index contributed by atoms with van der Waals surface area (Å²) in [4.78, 5) is 34.2. The highest BCUT2D eigenvalue weighted by molar-refractivity contribution is 7.16. The second kappa shape index (κ2) is 8.95. The van der Waals surface area contributed by atoms with E-state index in [-0.39, 0.29) is 22.4 Å². The van der Waals surface area contributed by atoms with E-state index in [2.05, 4.69) is 6.58 Å². The molecule has 1 saturated heterocycles. The topological polar surface area (TPSA) is 79.6 Å². The van der Waals surface area contributed by atoms with Gasteiger partial charge in [-0.25, -0.2) is 4.98 Å². The molecule has 158 valence electrons. The molecule has 30 heavy (non-hydrogen) atoms.